The van der Waals surface area contributed by atoms with E-state index in [9.17, 15) is 28.6 Å². The Morgan fingerprint density at radius 2 is 1.61 bits per heavy atom. The van der Waals surface area contributed by atoms with Crippen molar-refractivity contribution >= 4 is 54.7 Å². The summed E-state index contributed by atoms with van der Waals surface area (Å²) in [5, 5.41) is 23.3. The number of aryl methyl sites for hydroxylation is 1. The number of nitro benzene ring substituents is 2. The molecule has 0 fully saturated rings. The maximum atomic E-state index is 13.5. The number of halogens is 1. The number of hydrogen-bond acceptors (Lipinski definition) is 6. The SMILES string of the molecule is Cc1ccc(S(=O)(=O)N2CC(=Cc3ccc(Br)cc3)c3c2cc([N+](=O)[O-])cc3[N+](=O)[O-])cc1. The molecule has 1 heterocycles. The van der Waals surface area contributed by atoms with Gasteiger partial charge in [0.2, 0.25) is 0 Å². The minimum atomic E-state index is -4.15. The van der Waals surface area contributed by atoms with Gasteiger partial charge >= 0.3 is 0 Å². The molecule has 0 saturated carbocycles. The summed E-state index contributed by atoms with van der Waals surface area (Å²) in [6.07, 6.45) is 1.65. The van der Waals surface area contributed by atoms with Crippen LogP contribution in [0.25, 0.3) is 11.6 Å². The molecule has 33 heavy (non-hydrogen) atoms. The lowest BCUT2D eigenvalue weighted by atomic mass is 10.0. The van der Waals surface area contributed by atoms with Crippen molar-refractivity contribution in [3.05, 3.63) is 102 Å². The van der Waals surface area contributed by atoms with Gasteiger partial charge in [0.1, 0.15) is 0 Å². The fourth-order valence-electron chi connectivity index (χ4n) is 3.62. The van der Waals surface area contributed by atoms with E-state index in [2.05, 4.69) is 15.9 Å². The van der Waals surface area contributed by atoms with E-state index in [1.165, 1.54) is 12.1 Å². The second-order valence-electron chi connectivity index (χ2n) is 7.42. The van der Waals surface area contributed by atoms with Crippen molar-refractivity contribution in [2.75, 3.05) is 10.8 Å². The van der Waals surface area contributed by atoms with Crippen LogP contribution in [0.1, 0.15) is 16.7 Å². The standard InChI is InChI=1S/C22H16BrN3O6S/c1-14-2-8-19(9-3-14)33(31,32)24-13-16(10-15-4-6-17(23)7-5-15)22-20(24)11-18(25(27)28)12-21(22)26(29)30/h2-12H,13H2,1H3. The van der Waals surface area contributed by atoms with E-state index in [0.29, 0.717) is 11.1 Å². The number of anilines is 1. The van der Waals surface area contributed by atoms with Gasteiger partial charge in [-0.3, -0.25) is 24.5 Å². The summed E-state index contributed by atoms with van der Waals surface area (Å²) in [5.41, 5.74) is 0.784. The number of fused-ring (bicyclic) bond motifs is 1. The van der Waals surface area contributed by atoms with Crippen molar-refractivity contribution < 1.29 is 18.3 Å². The molecule has 0 aromatic heterocycles. The summed E-state index contributed by atoms with van der Waals surface area (Å²) in [7, 11) is -4.15. The lowest BCUT2D eigenvalue weighted by Crippen LogP contribution is -2.29. The highest BCUT2D eigenvalue weighted by Crippen LogP contribution is 2.47. The van der Waals surface area contributed by atoms with Crippen molar-refractivity contribution in [2.24, 2.45) is 0 Å². The van der Waals surface area contributed by atoms with Crippen molar-refractivity contribution in [3.63, 3.8) is 0 Å². The molecule has 168 valence electrons. The Kier molecular flexibility index (Phi) is 5.76. The van der Waals surface area contributed by atoms with E-state index in [1.807, 2.05) is 6.92 Å². The molecule has 0 atom stereocenters. The number of rotatable bonds is 5. The highest BCUT2D eigenvalue weighted by Gasteiger charge is 2.40. The van der Waals surface area contributed by atoms with Crippen LogP contribution in [0.15, 0.2) is 70.0 Å². The number of nitro groups is 2. The highest BCUT2D eigenvalue weighted by atomic mass is 79.9. The smallest absolute Gasteiger partial charge is 0.261 e. The maximum absolute atomic E-state index is 13.5. The number of hydrogen-bond donors (Lipinski definition) is 0. The first-order chi connectivity index (χ1) is 15.6. The molecule has 0 spiro atoms. The first-order valence-electron chi connectivity index (χ1n) is 9.60. The van der Waals surface area contributed by atoms with Gasteiger partial charge in [-0.1, -0.05) is 45.8 Å². The molecule has 9 nitrogen and oxygen atoms in total. The van der Waals surface area contributed by atoms with Crippen LogP contribution in [-0.2, 0) is 10.0 Å². The predicted octanol–water partition coefficient (Wildman–Crippen LogP) is 5.32. The Morgan fingerprint density at radius 3 is 2.18 bits per heavy atom. The number of nitrogens with zero attached hydrogens (tertiary/aromatic N) is 3. The lowest BCUT2D eigenvalue weighted by Gasteiger charge is -2.19. The van der Waals surface area contributed by atoms with Crippen LogP contribution < -0.4 is 4.31 Å². The topological polar surface area (TPSA) is 124 Å². The zero-order chi connectivity index (χ0) is 23.9. The number of non-ortho nitro benzene ring substituents is 1. The van der Waals surface area contributed by atoms with Gasteiger partial charge in [-0.2, -0.15) is 0 Å². The van der Waals surface area contributed by atoms with Crippen molar-refractivity contribution in [2.45, 2.75) is 11.8 Å². The zero-order valence-electron chi connectivity index (χ0n) is 17.1. The van der Waals surface area contributed by atoms with Crippen LogP contribution >= 0.6 is 15.9 Å². The van der Waals surface area contributed by atoms with Crippen molar-refractivity contribution in [3.8, 4) is 0 Å². The van der Waals surface area contributed by atoms with Gasteiger partial charge in [-0.05, 0) is 48.4 Å². The Morgan fingerprint density at radius 1 is 0.970 bits per heavy atom. The van der Waals surface area contributed by atoms with Gasteiger partial charge in [0.15, 0.2) is 0 Å². The molecular formula is C22H16BrN3O6S. The molecule has 4 rings (SSSR count). The van der Waals surface area contributed by atoms with Gasteiger partial charge in [0.05, 0.1) is 38.6 Å². The molecule has 0 bridgehead atoms. The summed E-state index contributed by atoms with van der Waals surface area (Å²) in [6.45, 7) is 1.61. The summed E-state index contributed by atoms with van der Waals surface area (Å²) in [6, 6.07) is 15.2. The van der Waals surface area contributed by atoms with Crippen molar-refractivity contribution in [1.29, 1.82) is 0 Å². The van der Waals surface area contributed by atoms with Crippen LogP contribution in [0, 0.1) is 27.2 Å². The predicted molar refractivity (Wildman–Crippen MR) is 127 cm³/mol. The normalized spacial score (nSPS) is 14.4. The second-order valence-corrected chi connectivity index (χ2v) is 10.2. The van der Waals surface area contributed by atoms with E-state index in [1.54, 1.807) is 42.5 Å². The molecule has 0 radical (unpaired) electrons. The van der Waals surface area contributed by atoms with Gasteiger partial charge < -0.3 is 0 Å². The zero-order valence-corrected chi connectivity index (χ0v) is 19.5. The minimum Gasteiger partial charge on any atom is -0.261 e. The third kappa shape index (κ3) is 4.24. The monoisotopic (exact) mass is 529 g/mol. The van der Waals surface area contributed by atoms with Crippen LogP contribution in [0.5, 0.6) is 0 Å². The summed E-state index contributed by atoms with van der Waals surface area (Å²) >= 11 is 3.34. The Balaban J connectivity index is 1.97. The molecule has 3 aromatic rings. The first kappa shape index (κ1) is 22.6. The molecule has 0 aliphatic carbocycles. The van der Waals surface area contributed by atoms with Crippen molar-refractivity contribution in [1.82, 2.24) is 0 Å². The van der Waals surface area contributed by atoms with Crippen LogP contribution in [-0.4, -0.2) is 24.8 Å². The van der Waals surface area contributed by atoms with Crippen LogP contribution in [0.4, 0.5) is 17.1 Å². The molecule has 0 unspecified atom stereocenters. The van der Waals surface area contributed by atoms with Gasteiger partial charge in [0.25, 0.3) is 21.4 Å². The second kappa shape index (κ2) is 8.41. The Bertz CT molecular complexity index is 1420. The highest BCUT2D eigenvalue weighted by molar-refractivity contribution is 9.10. The molecule has 0 N–H and O–H groups in total. The molecule has 0 amide bonds. The molecule has 0 saturated heterocycles. The average molecular weight is 530 g/mol. The fraction of sp³-hybridized carbons (Fsp3) is 0.0909. The Hall–Kier alpha value is -3.57. The average Bonchev–Trinajstić information content (AvgIpc) is 3.14. The van der Waals surface area contributed by atoms with E-state index >= 15 is 0 Å². The van der Waals surface area contributed by atoms with E-state index in [0.717, 1.165) is 26.5 Å². The molecular weight excluding hydrogens is 514 g/mol. The summed E-state index contributed by atoms with van der Waals surface area (Å²) < 4.78 is 28.8. The van der Waals surface area contributed by atoms with Gasteiger partial charge in [-0.15, -0.1) is 0 Å². The van der Waals surface area contributed by atoms with E-state index in [4.69, 9.17) is 0 Å². The van der Waals surface area contributed by atoms with E-state index < -0.39 is 31.2 Å². The van der Waals surface area contributed by atoms with Gasteiger partial charge in [-0.25, -0.2) is 8.42 Å². The lowest BCUT2D eigenvalue weighted by molar-refractivity contribution is -0.394. The number of sulfonamides is 1. The molecule has 1 aliphatic heterocycles. The minimum absolute atomic E-state index is 0.0156. The third-order valence-electron chi connectivity index (χ3n) is 5.21. The number of benzene rings is 3. The van der Waals surface area contributed by atoms with Crippen LogP contribution in [0.3, 0.4) is 0 Å². The summed E-state index contributed by atoms with van der Waals surface area (Å²) in [4.78, 5) is 21.7. The van der Waals surface area contributed by atoms with Crippen LogP contribution in [0.2, 0.25) is 0 Å². The first-order valence-corrected chi connectivity index (χ1v) is 11.8. The Labute approximate surface area is 197 Å². The van der Waals surface area contributed by atoms with Gasteiger partial charge in [0, 0.05) is 10.5 Å². The third-order valence-corrected chi connectivity index (χ3v) is 7.52. The molecule has 3 aromatic carbocycles. The molecule has 11 heteroatoms. The fourth-order valence-corrected chi connectivity index (χ4v) is 5.33. The maximum Gasteiger partial charge on any atom is 0.285 e. The quantitative estimate of drug-likeness (QED) is 0.325. The molecule has 1 aliphatic rings. The largest absolute Gasteiger partial charge is 0.285 e. The van der Waals surface area contributed by atoms with E-state index in [-0.39, 0.29) is 22.7 Å². The summed E-state index contributed by atoms with van der Waals surface area (Å²) in [5.74, 6) is 0.